The molecule has 0 unspecified atom stereocenters. The quantitative estimate of drug-likeness (QED) is 0.329. The van der Waals surface area contributed by atoms with Gasteiger partial charge in [0.05, 0.1) is 13.2 Å². The van der Waals surface area contributed by atoms with Gasteiger partial charge < -0.3 is 19.6 Å². The number of aromatic nitrogens is 5. The maximum absolute atomic E-state index is 10.0. The van der Waals surface area contributed by atoms with Crippen LogP contribution in [0.1, 0.15) is 18.4 Å². The van der Waals surface area contributed by atoms with Gasteiger partial charge in [-0.2, -0.15) is 0 Å². The Balaban J connectivity index is 1.09. The predicted octanol–water partition coefficient (Wildman–Crippen LogP) is 3.03. The molecule has 2 saturated heterocycles. The fourth-order valence-corrected chi connectivity index (χ4v) is 5.37. The standard InChI is InChI=1S/C29H36N8O2/c38-25-10-6-9-24(21-25)27-30-28(36-17-19-39-20-18-36)26-29(31-27)37(33-32-26)12-5-4-11-34-13-15-35(16-14-34)22-23-7-2-1-3-8-23/h1-3,6-10,21,38H,4-5,11-20,22H2. The monoisotopic (exact) mass is 528 g/mol. The number of morpholine rings is 1. The van der Waals surface area contributed by atoms with E-state index in [9.17, 15) is 5.11 Å². The first kappa shape index (κ1) is 25.7. The molecule has 0 spiro atoms. The van der Waals surface area contributed by atoms with E-state index in [1.54, 1.807) is 12.1 Å². The highest BCUT2D eigenvalue weighted by atomic mass is 16.5. The molecular weight excluding hydrogens is 492 g/mol. The number of fused-ring (bicyclic) bond motifs is 1. The zero-order valence-corrected chi connectivity index (χ0v) is 22.3. The van der Waals surface area contributed by atoms with Gasteiger partial charge >= 0.3 is 0 Å². The number of ether oxygens (including phenoxy) is 1. The first-order valence-corrected chi connectivity index (χ1v) is 13.9. The van der Waals surface area contributed by atoms with Crippen LogP contribution in [0.15, 0.2) is 54.6 Å². The molecule has 0 bridgehead atoms. The van der Waals surface area contributed by atoms with Crippen LogP contribution in [0, 0.1) is 0 Å². The lowest BCUT2D eigenvalue weighted by atomic mass is 10.2. The number of piperazine rings is 1. The molecule has 0 atom stereocenters. The summed E-state index contributed by atoms with van der Waals surface area (Å²) >= 11 is 0. The van der Waals surface area contributed by atoms with Crippen molar-refractivity contribution in [3.05, 3.63) is 60.2 Å². The Morgan fingerprint density at radius 2 is 1.56 bits per heavy atom. The molecule has 0 radical (unpaired) electrons. The minimum Gasteiger partial charge on any atom is -0.508 e. The minimum atomic E-state index is 0.191. The summed E-state index contributed by atoms with van der Waals surface area (Å²) in [6.45, 7) is 10.1. The molecule has 4 aromatic rings. The number of nitrogens with zero attached hydrogens (tertiary/aromatic N) is 8. The van der Waals surface area contributed by atoms with Gasteiger partial charge in [-0.05, 0) is 37.1 Å². The fraction of sp³-hybridized carbons (Fsp3) is 0.448. The molecule has 0 saturated carbocycles. The maximum atomic E-state index is 10.0. The van der Waals surface area contributed by atoms with E-state index in [1.807, 2.05) is 16.8 Å². The topological polar surface area (TPSA) is 95.7 Å². The van der Waals surface area contributed by atoms with Crippen LogP contribution in [0.25, 0.3) is 22.6 Å². The van der Waals surface area contributed by atoms with E-state index >= 15 is 0 Å². The first-order valence-electron chi connectivity index (χ1n) is 13.9. The van der Waals surface area contributed by atoms with E-state index in [1.165, 1.54) is 5.56 Å². The Morgan fingerprint density at radius 3 is 2.36 bits per heavy atom. The van der Waals surface area contributed by atoms with Crippen LogP contribution in [0.5, 0.6) is 5.75 Å². The SMILES string of the molecule is Oc1cccc(-c2nc(N3CCOCC3)c3nnn(CCCCN4CCN(Cc5ccccc5)CC4)c3n2)c1. The molecular formula is C29H36N8O2. The van der Waals surface area contributed by atoms with E-state index in [4.69, 9.17) is 14.7 Å². The average molecular weight is 529 g/mol. The lowest BCUT2D eigenvalue weighted by Crippen LogP contribution is -2.46. The highest BCUT2D eigenvalue weighted by molar-refractivity contribution is 5.85. The van der Waals surface area contributed by atoms with Crippen LogP contribution in [-0.2, 0) is 17.8 Å². The van der Waals surface area contributed by atoms with Crippen LogP contribution >= 0.6 is 0 Å². The normalized spacial score (nSPS) is 17.2. The zero-order chi connectivity index (χ0) is 26.4. The molecule has 1 N–H and O–H groups in total. The molecule has 10 nitrogen and oxygen atoms in total. The highest BCUT2D eigenvalue weighted by Gasteiger charge is 2.22. The predicted molar refractivity (Wildman–Crippen MR) is 151 cm³/mol. The van der Waals surface area contributed by atoms with Gasteiger partial charge in [-0.15, -0.1) is 5.10 Å². The molecule has 0 amide bonds. The number of rotatable bonds is 9. The van der Waals surface area contributed by atoms with Crippen molar-refractivity contribution in [3.8, 4) is 17.1 Å². The lowest BCUT2D eigenvalue weighted by molar-refractivity contribution is 0.122. The van der Waals surface area contributed by atoms with Gasteiger partial charge in [-0.3, -0.25) is 4.90 Å². The third-order valence-electron chi connectivity index (χ3n) is 7.57. The number of phenols is 1. The summed E-state index contributed by atoms with van der Waals surface area (Å²) in [5.41, 5.74) is 3.61. The van der Waals surface area contributed by atoms with Crippen LogP contribution in [0.4, 0.5) is 5.82 Å². The lowest BCUT2D eigenvalue weighted by Gasteiger charge is -2.34. The minimum absolute atomic E-state index is 0.191. The molecule has 204 valence electrons. The second-order valence-corrected chi connectivity index (χ2v) is 10.3. The van der Waals surface area contributed by atoms with Crippen LogP contribution in [0.2, 0.25) is 0 Å². The molecule has 2 aliphatic heterocycles. The molecule has 0 aliphatic carbocycles. The molecule has 6 rings (SSSR count). The largest absolute Gasteiger partial charge is 0.508 e. The summed E-state index contributed by atoms with van der Waals surface area (Å²) in [6.07, 6.45) is 2.10. The van der Waals surface area contributed by atoms with E-state index in [-0.39, 0.29) is 5.75 Å². The summed E-state index contributed by atoms with van der Waals surface area (Å²) in [5.74, 6) is 1.54. The molecule has 2 aromatic heterocycles. The van der Waals surface area contributed by atoms with Gasteiger partial charge in [-0.1, -0.05) is 47.7 Å². The van der Waals surface area contributed by atoms with Crippen molar-refractivity contribution in [2.45, 2.75) is 25.9 Å². The van der Waals surface area contributed by atoms with Crippen molar-refractivity contribution in [2.24, 2.45) is 0 Å². The number of anilines is 1. The van der Waals surface area contributed by atoms with Gasteiger partial charge in [0, 0.05) is 57.9 Å². The van der Waals surface area contributed by atoms with Crippen LogP contribution in [-0.4, -0.2) is 98.9 Å². The smallest absolute Gasteiger partial charge is 0.184 e. The van der Waals surface area contributed by atoms with E-state index < -0.39 is 0 Å². The number of unbranched alkanes of at least 4 members (excludes halogenated alkanes) is 1. The third kappa shape index (κ3) is 6.19. The second kappa shape index (κ2) is 12.1. The Bertz CT molecular complexity index is 1360. The van der Waals surface area contributed by atoms with E-state index in [0.29, 0.717) is 19.0 Å². The number of hydrogen-bond acceptors (Lipinski definition) is 9. The Labute approximate surface area is 228 Å². The molecule has 39 heavy (non-hydrogen) atoms. The van der Waals surface area contributed by atoms with Gasteiger partial charge in [0.1, 0.15) is 5.75 Å². The van der Waals surface area contributed by atoms with Crippen LogP contribution < -0.4 is 4.90 Å². The van der Waals surface area contributed by atoms with Crippen molar-refractivity contribution in [2.75, 3.05) is 63.9 Å². The Hall–Kier alpha value is -3.60. The fourth-order valence-electron chi connectivity index (χ4n) is 5.37. The highest BCUT2D eigenvalue weighted by Crippen LogP contribution is 2.28. The van der Waals surface area contributed by atoms with E-state index in [2.05, 4.69) is 55.3 Å². The average Bonchev–Trinajstić information content (AvgIpc) is 3.39. The Kier molecular flexibility index (Phi) is 7.94. The van der Waals surface area contributed by atoms with Gasteiger partial charge in [0.25, 0.3) is 0 Å². The van der Waals surface area contributed by atoms with Gasteiger partial charge in [0.2, 0.25) is 0 Å². The molecule has 2 aromatic carbocycles. The molecule has 2 aliphatic rings. The zero-order valence-electron chi connectivity index (χ0n) is 22.3. The van der Waals surface area contributed by atoms with Gasteiger partial charge in [-0.25, -0.2) is 14.6 Å². The third-order valence-corrected chi connectivity index (χ3v) is 7.57. The number of phenolic OH excluding ortho intramolecular Hbond substituents is 1. The number of hydrogen-bond donors (Lipinski definition) is 1. The van der Waals surface area contributed by atoms with Gasteiger partial charge in [0.15, 0.2) is 22.8 Å². The van der Waals surface area contributed by atoms with Crippen molar-refractivity contribution < 1.29 is 9.84 Å². The molecule has 4 heterocycles. The van der Waals surface area contributed by atoms with Crippen molar-refractivity contribution in [3.63, 3.8) is 0 Å². The first-order chi connectivity index (χ1) is 19.2. The summed E-state index contributed by atoms with van der Waals surface area (Å²) in [6, 6.07) is 17.8. The van der Waals surface area contributed by atoms with Crippen molar-refractivity contribution in [1.29, 1.82) is 0 Å². The summed E-state index contributed by atoms with van der Waals surface area (Å²) in [7, 11) is 0. The molecule has 10 heteroatoms. The number of aromatic hydroxyl groups is 1. The van der Waals surface area contributed by atoms with Crippen molar-refractivity contribution >= 4 is 17.0 Å². The number of aryl methyl sites for hydroxylation is 1. The number of benzene rings is 2. The Morgan fingerprint density at radius 1 is 0.795 bits per heavy atom. The van der Waals surface area contributed by atoms with E-state index in [0.717, 1.165) is 94.3 Å². The molecule has 2 fully saturated rings. The van der Waals surface area contributed by atoms with Crippen LogP contribution in [0.3, 0.4) is 0 Å². The summed E-state index contributed by atoms with van der Waals surface area (Å²) < 4.78 is 7.46. The maximum Gasteiger partial charge on any atom is 0.184 e. The summed E-state index contributed by atoms with van der Waals surface area (Å²) in [4.78, 5) is 17.0. The second-order valence-electron chi connectivity index (χ2n) is 10.3. The summed E-state index contributed by atoms with van der Waals surface area (Å²) in [5, 5.41) is 19.0. The van der Waals surface area contributed by atoms with Crippen molar-refractivity contribution in [1.82, 2.24) is 34.8 Å².